The lowest BCUT2D eigenvalue weighted by Crippen LogP contribution is -2.42. The van der Waals surface area contributed by atoms with Crippen molar-refractivity contribution in [3.8, 4) is 0 Å². The van der Waals surface area contributed by atoms with Crippen molar-refractivity contribution in [1.82, 2.24) is 25.8 Å². The molecule has 1 aliphatic carbocycles. The lowest BCUT2D eigenvalue weighted by Gasteiger charge is -2.26. The maximum absolute atomic E-state index is 12.2. The highest BCUT2D eigenvalue weighted by molar-refractivity contribution is 5.86. The number of likely N-dealkylation sites (N-methyl/N-ethyl adjacent to an activating group) is 2. The van der Waals surface area contributed by atoms with E-state index < -0.39 is 6.04 Å². The second-order valence-electron chi connectivity index (χ2n) is 10.5. The van der Waals surface area contributed by atoms with Gasteiger partial charge in [-0.3, -0.25) is 14.4 Å². The first-order chi connectivity index (χ1) is 19.0. The van der Waals surface area contributed by atoms with Crippen LogP contribution in [0.15, 0.2) is 48.5 Å². The molecule has 0 radical (unpaired) electrons. The number of benzene rings is 2. The Hall–Kier alpha value is -3.65. The molecule has 3 unspecified atom stereocenters. The molecule has 0 bridgehead atoms. The Bertz CT molecular complexity index is 1260. The second-order valence-corrected chi connectivity index (χ2v) is 10.5. The molecule has 0 saturated carbocycles. The number of nitrogens with zero attached hydrogens (tertiary/aromatic N) is 1. The van der Waals surface area contributed by atoms with E-state index in [1.807, 2.05) is 31.2 Å². The SMILES string of the molecule is CNCC(=O)NC(C)Cc1c(C2CCC(C(=O)NC)N2C=O)[nH]c2ccccc12.c1ccc2c(c1)CCCC2. The summed E-state index contributed by atoms with van der Waals surface area (Å²) < 4.78 is 0. The van der Waals surface area contributed by atoms with Gasteiger partial charge in [0.2, 0.25) is 18.2 Å². The third-order valence-corrected chi connectivity index (χ3v) is 7.80. The van der Waals surface area contributed by atoms with Gasteiger partial charge in [0.1, 0.15) is 6.04 Å². The number of aromatic amines is 1. The first-order valence-corrected chi connectivity index (χ1v) is 14.0. The summed E-state index contributed by atoms with van der Waals surface area (Å²) >= 11 is 0. The van der Waals surface area contributed by atoms with Crippen LogP contribution in [0.25, 0.3) is 10.9 Å². The van der Waals surface area contributed by atoms with Crippen LogP contribution in [0, 0.1) is 0 Å². The highest BCUT2D eigenvalue weighted by Crippen LogP contribution is 2.39. The van der Waals surface area contributed by atoms with E-state index in [2.05, 4.69) is 45.2 Å². The van der Waals surface area contributed by atoms with Gasteiger partial charge < -0.3 is 25.8 Å². The van der Waals surface area contributed by atoms with Gasteiger partial charge in [0.25, 0.3) is 0 Å². The summed E-state index contributed by atoms with van der Waals surface area (Å²) in [7, 11) is 3.32. The molecule has 3 amide bonds. The molecule has 5 rings (SSSR count). The van der Waals surface area contributed by atoms with E-state index in [-0.39, 0.29) is 30.4 Å². The molecular weight excluding hydrogens is 490 g/mol. The molecule has 4 N–H and O–H groups in total. The fourth-order valence-electron chi connectivity index (χ4n) is 5.95. The summed E-state index contributed by atoms with van der Waals surface area (Å²) in [5, 5.41) is 9.57. The van der Waals surface area contributed by atoms with Gasteiger partial charge in [-0.25, -0.2) is 0 Å². The molecule has 2 aliphatic rings. The predicted molar refractivity (Wildman–Crippen MR) is 154 cm³/mol. The Morgan fingerprint density at radius 3 is 2.33 bits per heavy atom. The predicted octanol–water partition coefficient (Wildman–Crippen LogP) is 3.41. The van der Waals surface area contributed by atoms with Crippen molar-refractivity contribution in [1.29, 1.82) is 0 Å². The largest absolute Gasteiger partial charge is 0.357 e. The van der Waals surface area contributed by atoms with E-state index in [1.54, 1.807) is 30.1 Å². The number of rotatable bonds is 8. The molecule has 1 fully saturated rings. The lowest BCUT2D eigenvalue weighted by atomic mass is 9.92. The second kappa shape index (κ2) is 13.4. The number of para-hydroxylation sites is 1. The molecule has 8 heteroatoms. The fraction of sp³-hybridized carbons (Fsp3) is 0.452. The summed E-state index contributed by atoms with van der Waals surface area (Å²) in [6.07, 6.45) is 8.09. The minimum Gasteiger partial charge on any atom is -0.357 e. The van der Waals surface area contributed by atoms with Crippen LogP contribution in [0.3, 0.4) is 0 Å². The molecule has 2 heterocycles. The molecule has 208 valence electrons. The lowest BCUT2D eigenvalue weighted by molar-refractivity contribution is -0.132. The van der Waals surface area contributed by atoms with Crippen LogP contribution in [0.2, 0.25) is 0 Å². The zero-order valence-electron chi connectivity index (χ0n) is 23.3. The molecule has 3 atom stereocenters. The molecule has 1 aromatic heterocycles. The van der Waals surface area contributed by atoms with Gasteiger partial charge >= 0.3 is 0 Å². The maximum Gasteiger partial charge on any atom is 0.242 e. The number of carbonyl (C=O) groups excluding carboxylic acids is 3. The number of fused-ring (bicyclic) bond motifs is 2. The van der Waals surface area contributed by atoms with E-state index >= 15 is 0 Å². The van der Waals surface area contributed by atoms with E-state index in [0.717, 1.165) is 28.6 Å². The van der Waals surface area contributed by atoms with Crippen molar-refractivity contribution in [3.63, 3.8) is 0 Å². The number of nitrogens with one attached hydrogen (secondary N) is 4. The van der Waals surface area contributed by atoms with E-state index in [0.29, 0.717) is 19.3 Å². The molecule has 1 aliphatic heterocycles. The molecule has 1 saturated heterocycles. The van der Waals surface area contributed by atoms with Crippen LogP contribution in [0.4, 0.5) is 0 Å². The van der Waals surface area contributed by atoms with Crippen LogP contribution in [-0.2, 0) is 33.6 Å². The number of hydrogen-bond donors (Lipinski definition) is 4. The smallest absolute Gasteiger partial charge is 0.242 e. The molecule has 0 spiro atoms. The summed E-state index contributed by atoms with van der Waals surface area (Å²) in [6, 6.07) is 16.1. The summed E-state index contributed by atoms with van der Waals surface area (Å²) in [6.45, 7) is 2.24. The van der Waals surface area contributed by atoms with Gasteiger partial charge in [-0.15, -0.1) is 0 Å². The highest BCUT2D eigenvalue weighted by atomic mass is 16.2. The first-order valence-electron chi connectivity index (χ1n) is 14.0. The van der Waals surface area contributed by atoms with Crippen molar-refractivity contribution < 1.29 is 14.4 Å². The minimum atomic E-state index is -0.463. The third kappa shape index (κ3) is 6.68. The fourth-order valence-corrected chi connectivity index (χ4v) is 5.95. The molecule has 39 heavy (non-hydrogen) atoms. The Kier molecular flexibility index (Phi) is 9.76. The highest BCUT2D eigenvalue weighted by Gasteiger charge is 2.39. The zero-order valence-corrected chi connectivity index (χ0v) is 23.3. The Balaban J connectivity index is 0.000000292. The van der Waals surface area contributed by atoms with Crippen molar-refractivity contribution in [2.24, 2.45) is 0 Å². The maximum atomic E-state index is 12.2. The average molecular weight is 532 g/mol. The average Bonchev–Trinajstić information content (AvgIpc) is 3.54. The normalized spacial score (nSPS) is 19.0. The summed E-state index contributed by atoms with van der Waals surface area (Å²) in [5.41, 5.74) is 6.16. The van der Waals surface area contributed by atoms with Gasteiger partial charge in [0.05, 0.1) is 12.6 Å². The van der Waals surface area contributed by atoms with E-state index in [9.17, 15) is 14.4 Å². The third-order valence-electron chi connectivity index (χ3n) is 7.80. The standard InChI is InChI=1S/C21H29N5O3.C10H12/c1-13(24-19(28)11-22-2)10-15-14-6-4-5-7-16(14)25-20(15)17-8-9-18(21(29)23-3)26(17)12-27;1-2-6-10-8-4-3-7-9(10)5-1/h4-7,12-13,17-18,22,25H,8-11H2,1-3H3,(H,23,29)(H,24,28);1-2,5-6H,3-4,7-8H2. The van der Waals surface area contributed by atoms with Gasteiger partial charge in [0, 0.05) is 29.7 Å². The number of likely N-dealkylation sites (tertiary alicyclic amines) is 1. The van der Waals surface area contributed by atoms with Crippen molar-refractivity contribution >= 4 is 29.1 Å². The molecule has 2 aromatic carbocycles. The Morgan fingerprint density at radius 2 is 1.69 bits per heavy atom. The Morgan fingerprint density at radius 1 is 1.03 bits per heavy atom. The zero-order chi connectivity index (χ0) is 27.8. The van der Waals surface area contributed by atoms with Crippen LogP contribution < -0.4 is 16.0 Å². The van der Waals surface area contributed by atoms with Gasteiger partial charge in [-0.1, -0.05) is 42.5 Å². The monoisotopic (exact) mass is 531 g/mol. The van der Waals surface area contributed by atoms with E-state index in [4.69, 9.17) is 0 Å². The van der Waals surface area contributed by atoms with Gasteiger partial charge in [-0.2, -0.15) is 0 Å². The van der Waals surface area contributed by atoms with Gasteiger partial charge in [-0.05, 0) is 81.7 Å². The van der Waals surface area contributed by atoms with Crippen LogP contribution >= 0.6 is 0 Å². The number of hydrogen-bond acceptors (Lipinski definition) is 4. The number of H-pyrrole nitrogens is 1. The van der Waals surface area contributed by atoms with Crippen LogP contribution in [-0.4, -0.2) is 60.8 Å². The number of aromatic nitrogens is 1. The summed E-state index contributed by atoms with van der Waals surface area (Å²) in [4.78, 5) is 41.1. The van der Waals surface area contributed by atoms with Crippen molar-refractivity contribution in [3.05, 3.63) is 70.9 Å². The molecule has 3 aromatic rings. The van der Waals surface area contributed by atoms with Crippen molar-refractivity contribution in [2.75, 3.05) is 20.6 Å². The van der Waals surface area contributed by atoms with Crippen molar-refractivity contribution in [2.45, 2.75) is 70.0 Å². The Labute approximate surface area is 230 Å². The summed E-state index contributed by atoms with van der Waals surface area (Å²) in [5.74, 6) is -0.207. The number of amides is 3. The first kappa shape index (κ1) is 28.4. The number of carbonyl (C=O) groups is 3. The van der Waals surface area contributed by atoms with Crippen LogP contribution in [0.5, 0.6) is 0 Å². The van der Waals surface area contributed by atoms with Crippen LogP contribution in [0.1, 0.15) is 61.0 Å². The molecular formula is C31H41N5O3. The van der Waals surface area contributed by atoms with E-state index in [1.165, 1.54) is 25.7 Å². The minimum absolute atomic E-state index is 0.0588. The quantitative estimate of drug-likeness (QED) is 0.334. The topological polar surface area (TPSA) is 106 Å². The molecule has 8 nitrogen and oxygen atoms in total. The number of aryl methyl sites for hydroxylation is 2. The van der Waals surface area contributed by atoms with Gasteiger partial charge in [0.15, 0.2) is 0 Å².